The number of quaternary nitrogens is 1. The summed E-state index contributed by atoms with van der Waals surface area (Å²) in [6, 6.07) is 0. The molecule has 1 saturated heterocycles. The largest absolute Gasteiger partial charge is 0.469 e. The molecule has 0 bridgehead atoms. The molecule has 1 aliphatic heterocycles. The van der Waals surface area contributed by atoms with Crippen molar-refractivity contribution in [2.75, 3.05) is 33.3 Å². The molecule has 1 fully saturated rings. The maximum absolute atomic E-state index is 11.0. The van der Waals surface area contributed by atoms with Crippen molar-refractivity contribution in [3.8, 4) is 0 Å². The lowest BCUT2D eigenvalue weighted by molar-refractivity contribution is -0.914. The number of ether oxygens (including phenoxy) is 1. The quantitative estimate of drug-likeness (QED) is 0.487. The van der Waals surface area contributed by atoms with Crippen molar-refractivity contribution >= 4 is 5.97 Å². The second-order valence-electron chi connectivity index (χ2n) is 3.86. The first-order chi connectivity index (χ1) is 6.22. The van der Waals surface area contributed by atoms with E-state index in [1.54, 1.807) is 0 Å². The van der Waals surface area contributed by atoms with Crippen LogP contribution in [0.25, 0.3) is 0 Å². The molecule has 0 aromatic rings. The van der Waals surface area contributed by atoms with Crippen molar-refractivity contribution in [3.63, 3.8) is 0 Å². The van der Waals surface area contributed by atoms with Gasteiger partial charge < -0.3 is 9.22 Å². The second kappa shape index (κ2) is 4.61. The number of hydrogen-bond donors (Lipinski definition) is 0. The number of rotatable bonds is 4. The minimum absolute atomic E-state index is 0.0714. The smallest absolute Gasteiger partial charge is 0.311 e. The molecular weight excluding hydrogens is 166 g/mol. The minimum Gasteiger partial charge on any atom is -0.469 e. The molecule has 76 valence electrons. The highest BCUT2D eigenvalue weighted by molar-refractivity contribution is 5.69. The molecule has 1 aliphatic rings. The highest BCUT2D eigenvalue weighted by Gasteiger charge is 2.30. The molecule has 0 aliphatic carbocycles. The summed E-state index contributed by atoms with van der Waals surface area (Å²) in [5.41, 5.74) is 0. The van der Waals surface area contributed by atoms with Crippen LogP contribution in [0.4, 0.5) is 0 Å². The molecule has 0 spiro atoms. The third-order valence-corrected chi connectivity index (χ3v) is 3.20. The lowest BCUT2D eigenvalue weighted by Gasteiger charge is -2.32. The molecule has 0 aromatic carbocycles. The van der Waals surface area contributed by atoms with Gasteiger partial charge in [0.2, 0.25) is 0 Å². The Morgan fingerprint density at radius 2 is 2.00 bits per heavy atom. The minimum atomic E-state index is -0.0714. The average Bonchev–Trinajstić information content (AvgIpc) is 2.63. The molecule has 3 nitrogen and oxygen atoms in total. The molecule has 0 atom stereocenters. The van der Waals surface area contributed by atoms with Gasteiger partial charge in [-0.2, -0.15) is 0 Å². The molecule has 1 rings (SSSR count). The number of nitrogens with zero attached hydrogens (tertiary/aromatic N) is 1. The summed E-state index contributed by atoms with van der Waals surface area (Å²) in [5, 5.41) is 0. The van der Waals surface area contributed by atoms with Crippen molar-refractivity contribution < 1.29 is 14.0 Å². The van der Waals surface area contributed by atoms with Crippen LogP contribution in [-0.4, -0.2) is 43.7 Å². The van der Waals surface area contributed by atoms with Gasteiger partial charge in [-0.15, -0.1) is 0 Å². The van der Waals surface area contributed by atoms with Crippen molar-refractivity contribution in [3.05, 3.63) is 0 Å². The lowest BCUT2D eigenvalue weighted by atomic mass is 10.3. The topological polar surface area (TPSA) is 26.3 Å². The van der Waals surface area contributed by atoms with Crippen LogP contribution in [0, 0.1) is 0 Å². The van der Waals surface area contributed by atoms with E-state index in [1.807, 2.05) is 0 Å². The van der Waals surface area contributed by atoms with Crippen LogP contribution in [-0.2, 0) is 9.53 Å². The summed E-state index contributed by atoms with van der Waals surface area (Å²) in [6.07, 6.45) is 3.20. The summed E-state index contributed by atoms with van der Waals surface area (Å²) < 4.78 is 5.77. The fourth-order valence-electron chi connectivity index (χ4n) is 2.13. The zero-order chi connectivity index (χ0) is 9.73. The van der Waals surface area contributed by atoms with Crippen molar-refractivity contribution in [1.82, 2.24) is 0 Å². The molecule has 0 aromatic heterocycles. The third-order valence-electron chi connectivity index (χ3n) is 3.20. The van der Waals surface area contributed by atoms with Gasteiger partial charge in [-0.25, -0.2) is 0 Å². The lowest BCUT2D eigenvalue weighted by Crippen LogP contribution is -2.46. The molecule has 0 radical (unpaired) electrons. The van der Waals surface area contributed by atoms with Gasteiger partial charge in [0.1, 0.15) is 0 Å². The zero-order valence-electron chi connectivity index (χ0n) is 8.71. The fourth-order valence-corrected chi connectivity index (χ4v) is 2.13. The normalized spacial score (nSPS) is 20.2. The zero-order valence-corrected chi connectivity index (χ0v) is 8.71. The Morgan fingerprint density at radius 3 is 2.46 bits per heavy atom. The van der Waals surface area contributed by atoms with Gasteiger partial charge >= 0.3 is 5.97 Å². The summed E-state index contributed by atoms with van der Waals surface area (Å²) >= 11 is 0. The van der Waals surface area contributed by atoms with E-state index in [-0.39, 0.29) is 5.97 Å². The molecule has 3 heteroatoms. The van der Waals surface area contributed by atoms with E-state index in [2.05, 4.69) is 11.7 Å². The Bertz CT molecular complexity index is 174. The number of likely N-dealkylation sites (tertiary alicyclic amines) is 1. The first kappa shape index (κ1) is 10.5. The maximum Gasteiger partial charge on any atom is 0.311 e. The van der Waals surface area contributed by atoms with Crippen LogP contribution in [0.5, 0.6) is 0 Å². The summed E-state index contributed by atoms with van der Waals surface area (Å²) in [5.74, 6) is -0.0714. The number of methoxy groups -OCH3 is 1. The first-order valence-corrected chi connectivity index (χ1v) is 5.14. The SMILES string of the molecule is CC[N+]1(CCC(=O)OC)CCCC1. The second-order valence-corrected chi connectivity index (χ2v) is 3.86. The number of carbonyl (C=O) groups is 1. The van der Waals surface area contributed by atoms with Crippen LogP contribution in [0.3, 0.4) is 0 Å². The summed E-state index contributed by atoms with van der Waals surface area (Å²) in [7, 11) is 1.46. The van der Waals surface area contributed by atoms with E-state index < -0.39 is 0 Å². The predicted octanol–water partition coefficient (Wildman–Crippen LogP) is 1.18. The first-order valence-electron chi connectivity index (χ1n) is 5.14. The highest BCUT2D eigenvalue weighted by Crippen LogP contribution is 2.19. The van der Waals surface area contributed by atoms with Crippen molar-refractivity contribution in [2.24, 2.45) is 0 Å². The number of esters is 1. The Morgan fingerprint density at radius 1 is 1.38 bits per heavy atom. The highest BCUT2D eigenvalue weighted by atomic mass is 16.5. The Kier molecular flexibility index (Phi) is 3.72. The van der Waals surface area contributed by atoms with Gasteiger partial charge in [0.05, 0.1) is 39.7 Å². The standard InChI is InChI=1S/C10H20NO2/c1-3-11(7-4-5-8-11)9-6-10(12)13-2/h3-9H2,1-2H3/q+1. The molecule has 0 saturated carbocycles. The van der Waals surface area contributed by atoms with Crippen LogP contribution in [0.15, 0.2) is 0 Å². The van der Waals surface area contributed by atoms with Gasteiger partial charge in [-0.3, -0.25) is 4.79 Å². The predicted molar refractivity (Wildman–Crippen MR) is 51.3 cm³/mol. The van der Waals surface area contributed by atoms with Crippen LogP contribution in [0.2, 0.25) is 0 Å². The van der Waals surface area contributed by atoms with Crippen LogP contribution in [0.1, 0.15) is 26.2 Å². The van der Waals surface area contributed by atoms with E-state index in [0.29, 0.717) is 6.42 Å². The summed E-state index contributed by atoms with van der Waals surface area (Å²) in [6.45, 7) is 6.81. The molecule has 1 heterocycles. The molecular formula is C10H20NO2+. The van der Waals surface area contributed by atoms with Gasteiger partial charge in [-0.05, 0) is 6.92 Å². The van der Waals surface area contributed by atoms with E-state index in [4.69, 9.17) is 0 Å². The summed E-state index contributed by atoms with van der Waals surface area (Å²) in [4.78, 5) is 11.0. The third kappa shape index (κ3) is 2.69. The molecule has 0 unspecified atom stereocenters. The van der Waals surface area contributed by atoms with Gasteiger partial charge in [0.15, 0.2) is 0 Å². The number of carbonyl (C=O) groups excluding carboxylic acids is 1. The van der Waals surface area contributed by atoms with Crippen molar-refractivity contribution in [1.29, 1.82) is 0 Å². The van der Waals surface area contributed by atoms with E-state index in [1.165, 1.54) is 33.0 Å². The molecule has 13 heavy (non-hydrogen) atoms. The Balaban J connectivity index is 2.35. The number of hydrogen-bond acceptors (Lipinski definition) is 2. The molecule has 0 amide bonds. The molecule has 0 N–H and O–H groups in total. The monoisotopic (exact) mass is 186 g/mol. The van der Waals surface area contributed by atoms with Crippen molar-refractivity contribution in [2.45, 2.75) is 26.2 Å². The van der Waals surface area contributed by atoms with E-state index in [9.17, 15) is 4.79 Å². The van der Waals surface area contributed by atoms with E-state index >= 15 is 0 Å². The fraction of sp³-hybridized carbons (Fsp3) is 0.900. The Labute approximate surface area is 80.3 Å². The average molecular weight is 186 g/mol. The van der Waals surface area contributed by atoms with E-state index in [0.717, 1.165) is 17.6 Å². The maximum atomic E-state index is 11.0. The Hall–Kier alpha value is -0.570. The van der Waals surface area contributed by atoms with Gasteiger partial charge in [0, 0.05) is 12.8 Å². The van der Waals surface area contributed by atoms with Crippen LogP contribution < -0.4 is 0 Å². The van der Waals surface area contributed by atoms with Gasteiger partial charge in [-0.1, -0.05) is 0 Å². The van der Waals surface area contributed by atoms with Gasteiger partial charge in [0.25, 0.3) is 0 Å². The van der Waals surface area contributed by atoms with Crippen LogP contribution >= 0.6 is 0 Å².